The minimum atomic E-state index is 0.198. The average Bonchev–Trinajstić information content (AvgIpc) is 3.53. The van der Waals surface area contributed by atoms with E-state index in [1.54, 1.807) is 18.0 Å². The molecule has 6 nitrogen and oxygen atoms in total. The predicted octanol–water partition coefficient (Wildman–Crippen LogP) is 6.28. The Kier molecular flexibility index (Phi) is 5.82. The molecule has 1 aromatic heterocycles. The molecule has 8 heteroatoms. The number of thioether (sulfide) groups is 1. The maximum atomic E-state index is 12.4. The first-order chi connectivity index (χ1) is 15.5. The van der Waals surface area contributed by atoms with Gasteiger partial charge in [0.15, 0.2) is 0 Å². The van der Waals surface area contributed by atoms with E-state index in [2.05, 4.69) is 62.5 Å². The average molecular weight is 510 g/mol. The normalized spacial score (nSPS) is 15.2. The van der Waals surface area contributed by atoms with Crippen LogP contribution in [0.1, 0.15) is 32.3 Å². The molecule has 32 heavy (non-hydrogen) atoms. The maximum Gasteiger partial charge on any atom is 0.231 e. The van der Waals surface area contributed by atoms with Gasteiger partial charge in [0.25, 0.3) is 0 Å². The topological polar surface area (TPSA) is 70.2 Å². The molecule has 3 aromatic rings. The first-order valence-corrected chi connectivity index (χ1v) is 12.4. The second-order valence-corrected chi connectivity index (χ2v) is 10.8. The highest BCUT2D eigenvalue weighted by atomic mass is 79.9. The number of halogens is 1. The number of fused-ring (bicyclic) bond motifs is 1. The van der Waals surface area contributed by atoms with E-state index >= 15 is 0 Å². The number of amides is 1. The van der Waals surface area contributed by atoms with Crippen molar-refractivity contribution in [2.24, 2.45) is 0 Å². The van der Waals surface area contributed by atoms with E-state index < -0.39 is 0 Å². The zero-order valence-corrected chi connectivity index (χ0v) is 20.3. The quantitative estimate of drug-likeness (QED) is 0.365. The van der Waals surface area contributed by atoms with E-state index in [0.29, 0.717) is 29.5 Å². The third-order valence-corrected chi connectivity index (χ3v) is 7.03. The first kappa shape index (κ1) is 21.3. The van der Waals surface area contributed by atoms with Crippen LogP contribution in [0.25, 0.3) is 0 Å². The molecule has 0 spiro atoms. The van der Waals surface area contributed by atoms with Gasteiger partial charge in [-0.25, -0.2) is 4.98 Å². The molecular formula is C24H24BrN5OS. The van der Waals surface area contributed by atoms with Gasteiger partial charge in [-0.2, -0.15) is 4.98 Å². The Morgan fingerprint density at radius 2 is 1.97 bits per heavy atom. The van der Waals surface area contributed by atoms with Crippen molar-refractivity contribution in [3.63, 3.8) is 0 Å². The van der Waals surface area contributed by atoms with Crippen molar-refractivity contribution < 1.29 is 4.79 Å². The molecular weight excluding hydrogens is 486 g/mol. The molecule has 1 amide bonds. The molecule has 0 atom stereocenters. The molecule has 164 valence electrons. The van der Waals surface area contributed by atoms with Crippen LogP contribution in [0.4, 0.5) is 28.8 Å². The van der Waals surface area contributed by atoms with Crippen LogP contribution in [0.5, 0.6) is 0 Å². The zero-order valence-electron chi connectivity index (χ0n) is 17.9. The van der Waals surface area contributed by atoms with Gasteiger partial charge in [-0.05, 0) is 64.7 Å². The summed E-state index contributed by atoms with van der Waals surface area (Å²) in [6, 6.07) is 14.6. The lowest BCUT2D eigenvalue weighted by Gasteiger charge is -2.17. The summed E-state index contributed by atoms with van der Waals surface area (Å²) < 4.78 is 0.784. The molecule has 0 bridgehead atoms. The van der Waals surface area contributed by atoms with Gasteiger partial charge < -0.3 is 15.5 Å². The van der Waals surface area contributed by atoms with E-state index in [-0.39, 0.29) is 5.91 Å². The number of para-hydroxylation sites is 1. The highest BCUT2D eigenvalue weighted by molar-refractivity contribution is 9.10. The molecule has 2 heterocycles. The highest BCUT2D eigenvalue weighted by Crippen LogP contribution is 2.40. The lowest BCUT2D eigenvalue weighted by molar-refractivity contribution is -0.117. The van der Waals surface area contributed by atoms with Gasteiger partial charge >= 0.3 is 0 Å². The Balaban J connectivity index is 1.36. The van der Waals surface area contributed by atoms with Crippen molar-refractivity contribution in [3.8, 4) is 0 Å². The summed E-state index contributed by atoms with van der Waals surface area (Å²) in [6.07, 6.45) is 4.40. The van der Waals surface area contributed by atoms with Crippen LogP contribution in [0.2, 0.25) is 0 Å². The maximum absolute atomic E-state index is 12.4. The van der Waals surface area contributed by atoms with Crippen LogP contribution in [0.15, 0.2) is 58.0 Å². The summed E-state index contributed by atoms with van der Waals surface area (Å²) >= 11 is 5.36. The van der Waals surface area contributed by atoms with Crippen molar-refractivity contribution >= 4 is 62.4 Å². The monoisotopic (exact) mass is 509 g/mol. The summed E-state index contributed by atoms with van der Waals surface area (Å²) in [7, 11) is 0. The largest absolute Gasteiger partial charge is 0.338 e. The van der Waals surface area contributed by atoms with Crippen molar-refractivity contribution in [2.75, 3.05) is 15.5 Å². The Bertz CT molecular complexity index is 1180. The van der Waals surface area contributed by atoms with Crippen LogP contribution < -0.4 is 15.5 Å². The molecule has 2 aliphatic rings. The smallest absolute Gasteiger partial charge is 0.231 e. The number of rotatable bonds is 7. The molecule has 1 fully saturated rings. The lowest BCUT2D eigenvalue weighted by Crippen LogP contribution is -2.28. The molecule has 0 radical (unpaired) electrons. The predicted molar refractivity (Wildman–Crippen MR) is 134 cm³/mol. The number of hydrogen-bond donors (Lipinski definition) is 2. The Morgan fingerprint density at radius 3 is 2.75 bits per heavy atom. The van der Waals surface area contributed by atoms with Gasteiger partial charge in [-0.3, -0.25) is 4.79 Å². The second-order valence-electron chi connectivity index (χ2n) is 8.32. The number of nitrogens with one attached hydrogen (secondary N) is 2. The standard InChI is InChI=1S/C24H24BrN5OS/c1-14(2)32-21-6-4-3-5-19(21)28-23-18(25)13-26-24(29-23)27-16-7-10-20-15(11-16)12-22(31)30(20)17-8-9-17/h3-7,10-11,13-14,17H,8-9,12H2,1-2H3,(H2,26,27,28,29). The number of benzene rings is 2. The lowest BCUT2D eigenvalue weighted by atomic mass is 10.1. The minimum Gasteiger partial charge on any atom is -0.338 e. The number of anilines is 5. The van der Waals surface area contributed by atoms with Crippen molar-refractivity contribution in [1.82, 2.24) is 9.97 Å². The molecule has 1 aliphatic heterocycles. The van der Waals surface area contributed by atoms with E-state index in [1.807, 2.05) is 35.2 Å². The molecule has 1 saturated carbocycles. The Labute approximate surface area is 200 Å². The van der Waals surface area contributed by atoms with Crippen LogP contribution in [0, 0.1) is 0 Å². The van der Waals surface area contributed by atoms with Crippen molar-refractivity contribution in [2.45, 2.75) is 49.3 Å². The Morgan fingerprint density at radius 1 is 1.16 bits per heavy atom. The van der Waals surface area contributed by atoms with Crippen LogP contribution in [0.3, 0.4) is 0 Å². The molecule has 2 N–H and O–H groups in total. The van der Waals surface area contributed by atoms with Gasteiger partial charge in [0, 0.05) is 33.8 Å². The number of carbonyl (C=O) groups excluding carboxylic acids is 1. The van der Waals surface area contributed by atoms with Gasteiger partial charge in [0.05, 0.1) is 16.6 Å². The summed E-state index contributed by atoms with van der Waals surface area (Å²) in [5, 5.41) is 7.20. The van der Waals surface area contributed by atoms with E-state index in [4.69, 9.17) is 0 Å². The number of nitrogens with zero attached hydrogens (tertiary/aromatic N) is 3. The summed E-state index contributed by atoms with van der Waals surface area (Å²) in [5.74, 6) is 1.38. The van der Waals surface area contributed by atoms with E-state index in [9.17, 15) is 4.79 Å². The fraction of sp³-hybridized carbons (Fsp3) is 0.292. The van der Waals surface area contributed by atoms with Crippen molar-refractivity contribution in [1.29, 1.82) is 0 Å². The van der Waals surface area contributed by atoms with Gasteiger partial charge in [-0.15, -0.1) is 11.8 Å². The zero-order chi connectivity index (χ0) is 22.2. The molecule has 5 rings (SSSR count). The summed E-state index contributed by atoms with van der Waals surface area (Å²) in [6.45, 7) is 4.36. The highest BCUT2D eigenvalue weighted by Gasteiger charge is 2.38. The SMILES string of the molecule is CC(C)Sc1ccccc1Nc1nc(Nc2ccc3c(c2)CC(=O)N3C2CC2)ncc1Br. The van der Waals surface area contributed by atoms with Crippen LogP contribution in [-0.2, 0) is 11.2 Å². The number of aromatic nitrogens is 2. The molecule has 0 saturated heterocycles. The van der Waals surface area contributed by atoms with E-state index in [0.717, 1.165) is 39.9 Å². The fourth-order valence-corrected chi connectivity index (χ4v) is 5.05. The molecule has 0 unspecified atom stereocenters. The third kappa shape index (κ3) is 4.47. The van der Waals surface area contributed by atoms with Gasteiger partial charge in [0.1, 0.15) is 5.82 Å². The first-order valence-electron chi connectivity index (χ1n) is 10.7. The molecule has 2 aromatic carbocycles. The van der Waals surface area contributed by atoms with Crippen LogP contribution in [-0.4, -0.2) is 27.2 Å². The number of hydrogen-bond acceptors (Lipinski definition) is 6. The Hall–Kier alpha value is -2.58. The van der Waals surface area contributed by atoms with Gasteiger partial charge in [0.2, 0.25) is 11.9 Å². The minimum absolute atomic E-state index is 0.198. The summed E-state index contributed by atoms with van der Waals surface area (Å²) in [4.78, 5) is 24.6. The molecule has 1 aliphatic carbocycles. The second kappa shape index (κ2) is 8.75. The fourth-order valence-electron chi connectivity index (χ4n) is 3.85. The van der Waals surface area contributed by atoms with Gasteiger partial charge in [-0.1, -0.05) is 26.0 Å². The van der Waals surface area contributed by atoms with Crippen molar-refractivity contribution in [3.05, 3.63) is 58.7 Å². The van der Waals surface area contributed by atoms with E-state index in [1.165, 1.54) is 4.90 Å². The summed E-state index contributed by atoms with van der Waals surface area (Å²) in [5.41, 5.74) is 3.98. The number of carbonyl (C=O) groups is 1. The third-order valence-electron chi connectivity index (χ3n) is 5.36. The van der Waals surface area contributed by atoms with Crippen LogP contribution >= 0.6 is 27.7 Å².